The monoisotopic (exact) mass is 440 g/mol. The standard InChI is InChI=1S/C21H28N4O2.2ClH/c22-18(21(26)25-10-11-27-20-9-5-4-8-19(20)25)12-17-14-24(15-23-17)13-16-6-2-1-3-7-16;;/h1-3,6-7,14-15,18-20H,4-5,8-13,22H2;2*1H/t18-,19?,20?;;/m0../s1. The highest BCUT2D eigenvalue weighted by molar-refractivity contribution is 5.85. The average molecular weight is 441 g/mol. The van der Waals surface area contributed by atoms with Crippen LogP contribution in [0.5, 0.6) is 0 Å². The molecule has 1 aliphatic heterocycles. The van der Waals surface area contributed by atoms with Gasteiger partial charge in [-0.1, -0.05) is 43.2 Å². The van der Waals surface area contributed by atoms with Crippen LogP contribution in [0, 0.1) is 0 Å². The summed E-state index contributed by atoms with van der Waals surface area (Å²) >= 11 is 0. The number of ether oxygens (including phenoxy) is 1. The zero-order valence-corrected chi connectivity index (χ0v) is 18.1. The summed E-state index contributed by atoms with van der Waals surface area (Å²) in [7, 11) is 0. The maximum Gasteiger partial charge on any atom is 0.240 e. The van der Waals surface area contributed by atoms with Crippen LogP contribution in [0.15, 0.2) is 42.9 Å². The van der Waals surface area contributed by atoms with Crippen LogP contribution in [-0.4, -0.2) is 51.7 Å². The second kappa shape index (κ2) is 11.0. The van der Waals surface area contributed by atoms with Crippen LogP contribution in [-0.2, 0) is 22.5 Å². The van der Waals surface area contributed by atoms with Crippen LogP contribution in [0.25, 0.3) is 0 Å². The minimum atomic E-state index is -0.550. The van der Waals surface area contributed by atoms with E-state index in [2.05, 4.69) is 17.1 Å². The second-order valence-electron chi connectivity index (χ2n) is 7.63. The van der Waals surface area contributed by atoms with E-state index in [1.54, 1.807) is 0 Å². The number of imidazole rings is 1. The molecule has 0 bridgehead atoms. The first kappa shape index (κ1) is 23.7. The SMILES string of the molecule is Cl.Cl.N[C@@H](Cc1cn(Cc2ccccc2)cn1)C(=O)N1CCOC2CCCCC21. The molecular formula is C21H30Cl2N4O2. The van der Waals surface area contributed by atoms with Crippen molar-refractivity contribution in [2.75, 3.05) is 13.2 Å². The highest BCUT2D eigenvalue weighted by Crippen LogP contribution is 2.28. The van der Waals surface area contributed by atoms with E-state index in [1.165, 1.54) is 12.0 Å². The fourth-order valence-electron chi connectivity index (χ4n) is 4.29. The number of amides is 1. The summed E-state index contributed by atoms with van der Waals surface area (Å²) in [5.41, 5.74) is 8.36. The molecule has 1 aliphatic carbocycles. The molecule has 1 saturated heterocycles. The van der Waals surface area contributed by atoms with Crippen molar-refractivity contribution in [3.8, 4) is 0 Å². The Hall–Kier alpha value is -1.60. The molecule has 3 atom stereocenters. The van der Waals surface area contributed by atoms with E-state index in [1.807, 2.05) is 40.2 Å². The van der Waals surface area contributed by atoms with Crippen LogP contribution >= 0.6 is 24.8 Å². The van der Waals surface area contributed by atoms with Gasteiger partial charge in [0.05, 0.1) is 36.8 Å². The fourth-order valence-corrected chi connectivity index (χ4v) is 4.29. The summed E-state index contributed by atoms with van der Waals surface area (Å²) < 4.78 is 7.91. The van der Waals surface area contributed by atoms with Gasteiger partial charge in [0.1, 0.15) is 0 Å². The predicted molar refractivity (Wildman–Crippen MR) is 118 cm³/mol. The van der Waals surface area contributed by atoms with Crippen molar-refractivity contribution in [3.05, 3.63) is 54.1 Å². The van der Waals surface area contributed by atoms with Crippen molar-refractivity contribution in [1.82, 2.24) is 14.5 Å². The smallest absolute Gasteiger partial charge is 0.240 e. The van der Waals surface area contributed by atoms with Crippen LogP contribution in [0.3, 0.4) is 0 Å². The maximum atomic E-state index is 13.0. The zero-order valence-electron chi connectivity index (χ0n) is 16.5. The molecule has 8 heteroatoms. The lowest BCUT2D eigenvalue weighted by atomic mass is 9.89. The minimum absolute atomic E-state index is 0. The van der Waals surface area contributed by atoms with Gasteiger partial charge in [0.25, 0.3) is 0 Å². The number of halogens is 2. The molecule has 1 saturated carbocycles. The summed E-state index contributed by atoms with van der Waals surface area (Å²) in [6, 6.07) is 9.90. The van der Waals surface area contributed by atoms with E-state index in [0.717, 1.165) is 31.5 Å². The van der Waals surface area contributed by atoms with E-state index in [9.17, 15) is 4.79 Å². The molecule has 2 aromatic rings. The molecule has 1 amide bonds. The minimum Gasteiger partial charge on any atom is -0.374 e. The van der Waals surface area contributed by atoms with Crippen molar-refractivity contribution >= 4 is 30.7 Å². The number of rotatable bonds is 5. The van der Waals surface area contributed by atoms with Crippen molar-refractivity contribution in [2.45, 2.75) is 56.8 Å². The molecule has 1 aromatic heterocycles. The van der Waals surface area contributed by atoms with Gasteiger partial charge in [0.15, 0.2) is 0 Å². The number of hydrogen-bond acceptors (Lipinski definition) is 4. The van der Waals surface area contributed by atoms with Crippen molar-refractivity contribution < 1.29 is 9.53 Å². The molecule has 6 nitrogen and oxygen atoms in total. The molecule has 2 unspecified atom stereocenters. The van der Waals surface area contributed by atoms with Gasteiger partial charge in [-0.05, 0) is 18.4 Å². The number of nitrogens with zero attached hydrogens (tertiary/aromatic N) is 3. The van der Waals surface area contributed by atoms with Crippen molar-refractivity contribution in [1.29, 1.82) is 0 Å². The van der Waals surface area contributed by atoms with Gasteiger partial charge in [-0.2, -0.15) is 0 Å². The summed E-state index contributed by atoms with van der Waals surface area (Å²) in [4.78, 5) is 19.4. The van der Waals surface area contributed by atoms with E-state index in [-0.39, 0.29) is 42.9 Å². The first-order valence-electron chi connectivity index (χ1n) is 9.93. The van der Waals surface area contributed by atoms with E-state index < -0.39 is 6.04 Å². The highest BCUT2D eigenvalue weighted by atomic mass is 35.5. The molecule has 160 valence electrons. The van der Waals surface area contributed by atoms with Gasteiger partial charge >= 0.3 is 0 Å². The maximum absolute atomic E-state index is 13.0. The van der Waals surface area contributed by atoms with Crippen LogP contribution in [0.4, 0.5) is 0 Å². The van der Waals surface area contributed by atoms with E-state index >= 15 is 0 Å². The first-order valence-corrected chi connectivity index (χ1v) is 9.93. The van der Waals surface area contributed by atoms with Gasteiger partial charge in [0.2, 0.25) is 5.91 Å². The summed E-state index contributed by atoms with van der Waals surface area (Å²) in [5, 5.41) is 0. The van der Waals surface area contributed by atoms with Crippen molar-refractivity contribution in [2.24, 2.45) is 5.73 Å². The summed E-state index contributed by atoms with van der Waals surface area (Å²) in [5.74, 6) is 0.0350. The molecule has 1 aromatic carbocycles. The summed E-state index contributed by atoms with van der Waals surface area (Å²) in [6.07, 6.45) is 8.88. The molecule has 4 rings (SSSR count). The van der Waals surface area contributed by atoms with Gasteiger partial charge in [0, 0.05) is 25.7 Å². The van der Waals surface area contributed by atoms with Crippen LogP contribution in [0.1, 0.15) is 36.9 Å². The zero-order chi connectivity index (χ0) is 18.6. The Balaban J connectivity index is 0.00000150. The number of morpholine rings is 1. The molecule has 2 fully saturated rings. The molecule has 2 aliphatic rings. The van der Waals surface area contributed by atoms with E-state index in [0.29, 0.717) is 19.6 Å². The number of fused-ring (bicyclic) bond motifs is 1. The van der Waals surface area contributed by atoms with Gasteiger partial charge < -0.3 is 19.9 Å². The lowest BCUT2D eigenvalue weighted by molar-refractivity contribution is -0.150. The molecule has 0 spiro atoms. The Morgan fingerprint density at radius 3 is 2.76 bits per heavy atom. The Kier molecular flexibility index (Phi) is 8.96. The van der Waals surface area contributed by atoms with Gasteiger partial charge in [-0.3, -0.25) is 4.79 Å². The topological polar surface area (TPSA) is 73.4 Å². The predicted octanol–water partition coefficient (Wildman–Crippen LogP) is 2.81. The largest absolute Gasteiger partial charge is 0.374 e. The quantitative estimate of drug-likeness (QED) is 0.775. The molecule has 0 radical (unpaired) electrons. The molecular weight excluding hydrogens is 411 g/mol. The molecule has 2 heterocycles. The summed E-state index contributed by atoms with van der Waals surface area (Å²) in [6.45, 7) is 2.03. The Bertz CT molecular complexity index is 769. The van der Waals surface area contributed by atoms with Crippen molar-refractivity contribution in [3.63, 3.8) is 0 Å². The normalized spacial score (nSPS) is 22.0. The van der Waals surface area contributed by atoms with Gasteiger partial charge in [-0.25, -0.2) is 4.98 Å². The highest BCUT2D eigenvalue weighted by Gasteiger charge is 2.38. The Morgan fingerprint density at radius 1 is 1.21 bits per heavy atom. The Labute approximate surface area is 184 Å². The second-order valence-corrected chi connectivity index (χ2v) is 7.63. The van der Waals surface area contributed by atoms with Crippen LogP contribution in [0.2, 0.25) is 0 Å². The number of nitrogens with two attached hydrogens (primary N) is 1. The fraction of sp³-hybridized carbons (Fsp3) is 0.524. The lowest BCUT2D eigenvalue weighted by Gasteiger charge is -2.44. The molecule has 29 heavy (non-hydrogen) atoms. The number of carbonyl (C=O) groups excluding carboxylic acids is 1. The van der Waals surface area contributed by atoms with Gasteiger partial charge in [-0.15, -0.1) is 24.8 Å². The number of benzene rings is 1. The Morgan fingerprint density at radius 2 is 1.97 bits per heavy atom. The van der Waals surface area contributed by atoms with Crippen LogP contribution < -0.4 is 5.73 Å². The number of hydrogen-bond donors (Lipinski definition) is 1. The number of carbonyl (C=O) groups is 1. The third kappa shape index (κ3) is 5.72. The van der Waals surface area contributed by atoms with E-state index in [4.69, 9.17) is 10.5 Å². The number of aromatic nitrogens is 2. The third-order valence-corrected chi connectivity index (χ3v) is 5.66. The lowest BCUT2D eigenvalue weighted by Crippen LogP contribution is -2.58. The first-order chi connectivity index (χ1) is 13.2. The molecule has 2 N–H and O–H groups in total. The average Bonchev–Trinajstić information content (AvgIpc) is 3.14. The third-order valence-electron chi connectivity index (χ3n) is 5.66.